The molecule has 9 atom stereocenters. The summed E-state index contributed by atoms with van der Waals surface area (Å²) >= 11 is 0. The lowest BCUT2D eigenvalue weighted by atomic mass is 9.51. The average molecular weight is 517 g/mol. The smallest absolute Gasteiger partial charge is 0.0659 e. The maximum absolute atomic E-state index is 6.85. The summed E-state index contributed by atoms with van der Waals surface area (Å²) in [6, 6.07) is 7.01. The highest BCUT2D eigenvalue weighted by Gasteiger charge is 2.55. The van der Waals surface area contributed by atoms with Crippen molar-refractivity contribution in [2.45, 2.75) is 137 Å². The van der Waals surface area contributed by atoms with Crippen LogP contribution in [0.15, 0.2) is 30.4 Å². The van der Waals surface area contributed by atoms with Gasteiger partial charge in [0.1, 0.15) is 0 Å². The molecule has 0 aromatic heterocycles. The van der Waals surface area contributed by atoms with Gasteiger partial charge >= 0.3 is 0 Å². The summed E-state index contributed by atoms with van der Waals surface area (Å²) in [5, 5.41) is 0. The van der Waals surface area contributed by atoms with Gasteiger partial charge in [-0.05, 0) is 129 Å². The fourth-order valence-electron chi connectivity index (χ4n) is 10.7. The molecule has 5 aliphatic carbocycles. The monoisotopic (exact) mass is 516 g/mol. The van der Waals surface area contributed by atoms with Gasteiger partial charge in [-0.1, -0.05) is 89.3 Å². The zero-order chi connectivity index (χ0) is 26.5. The van der Waals surface area contributed by atoms with Crippen molar-refractivity contribution in [3.8, 4) is 0 Å². The molecule has 0 N–H and O–H groups in total. The average Bonchev–Trinajstić information content (AvgIpc) is 3.42. The lowest BCUT2D eigenvalue weighted by Gasteiger charge is -2.55. The van der Waals surface area contributed by atoms with Crippen molar-refractivity contribution in [2.24, 2.45) is 46.3 Å². The van der Waals surface area contributed by atoms with Crippen LogP contribution in [0.1, 0.15) is 121 Å². The molecule has 0 heterocycles. The Morgan fingerprint density at radius 1 is 0.921 bits per heavy atom. The van der Waals surface area contributed by atoms with Gasteiger partial charge in [0, 0.05) is 0 Å². The van der Waals surface area contributed by atoms with Crippen LogP contribution in [-0.4, -0.2) is 12.2 Å². The molecule has 2 bridgehead atoms. The third-order valence-electron chi connectivity index (χ3n) is 12.7. The van der Waals surface area contributed by atoms with E-state index in [4.69, 9.17) is 4.74 Å². The first-order valence-electron chi connectivity index (χ1n) is 16.7. The zero-order valence-electron chi connectivity index (χ0n) is 25.3. The van der Waals surface area contributed by atoms with Crippen molar-refractivity contribution >= 4 is 0 Å². The first-order valence-corrected chi connectivity index (χ1v) is 16.7. The van der Waals surface area contributed by atoms with Crippen LogP contribution in [-0.2, 0) is 17.6 Å². The minimum atomic E-state index is 0.405. The maximum Gasteiger partial charge on any atom is 0.0659 e. The minimum absolute atomic E-state index is 0.405. The van der Waals surface area contributed by atoms with E-state index in [1.165, 1.54) is 93.7 Å². The van der Waals surface area contributed by atoms with Gasteiger partial charge in [0.2, 0.25) is 0 Å². The number of aryl methyl sites for hydroxylation is 1. The molecule has 3 saturated carbocycles. The fourth-order valence-corrected chi connectivity index (χ4v) is 10.7. The molecule has 0 saturated heterocycles. The van der Waals surface area contributed by atoms with Crippen LogP contribution < -0.4 is 0 Å². The zero-order valence-corrected chi connectivity index (χ0v) is 25.3. The van der Waals surface area contributed by atoms with Crippen LogP contribution in [0.5, 0.6) is 0 Å². The number of hydrogen-bond donors (Lipinski definition) is 0. The largest absolute Gasteiger partial charge is 0.374 e. The molecule has 0 aliphatic heterocycles. The van der Waals surface area contributed by atoms with Crippen LogP contribution in [0.25, 0.3) is 0 Å². The van der Waals surface area contributed by atoms with Gasteiger partial charge in [-0.25, -0.2) is 0 Å². The van der Waals surface area contributed by atoms with Gasteiger partial charge < -0.3 is 4.74 Å². The first-order chi connectivity index (χ1) is 18.3. The van der Waals surface area contributed by atoms with E-state index in [-0.39, 0.29) is 0 Å². The van der Waals surface area contributed by atoms with Crippen LogP contribution in [0, 0.1) is 53.3 Å². The fraction of sp³-hybridized carbons (Fsp3) is 0.784. The number of hydrogen-bond acceptors (Lipinski definition) is 1. The Kier molecular flexibility index (Phi) is 7.65. The Hall–Kier alpha value is -1.08. The lowest BCUT2D eigenvalue weighted by molar-refractivity contribution is -0.0801. The van der Waals surface area contributed by atoms with E-state index in [0.29, 0.717) is 23.0 Å². The summed E-state index contributed by atoms with van der Waals surface area (Å²) in [7, 11) is 0. The summed E-state index contributed by atoms with van der Waals surface area (Å²) in [5.74, 6) is 5.20. The molecule has 1 heteroatoms. The van der Waals surface area contributed by atoms with Gasteiger partial charge in [0.15, 0.2) is 0 Å². The molecule has 1 aromatic carbocycles. The molecular formula is C37H56O. The van der Waals surface area contributed by atoms with Gasteiger partial charge in [-0.3, -0.25) is 0 Å². The minimum Gasteiger partial charge on any atom is -0.374 e. The Morgan fingerprint density at radius 2 is 1.76 bits per heavy atom. The van der Waals surface area contributed by atoms with Crippen molar-refractivity contribution in [2.75, 3.05) is 0 Å². The topological polar surface area (TPSA) is 9.23 Å². The van der Waals surface area contributed by atoms with Crippen molar-refractivity contribution in [1.82, 2.24) is 0 Å². The predicted molar refractivity (Wildman–Crippen MR) is 160 cm³/mol. The van der Waals surface area contributed by atoms with Gasteiger partial charge in [-0.15, -0.1) is 0 Å². The Morgan fingerprint density at radius 3 is 2.61 bits per heavy atom. The molecular weight excluding hydrogens is 460 g/mol. The first kappa shape index (κ1) is 27.1. The van der Waals surface area contributed by atoms with E-state index >= 15 is 0 Å². The summed E-state index contributed by atoms with van der Waals surface area (Å²) < 4.78 is 6.85. The highest BCUT2D eigenvalue weighted by Crippen LogP contribution is 2.64. The second kappa shape index (κ2) is 10.7. The molecule has 0 amide bonds. The number of ether oxygens (including phenoxy) is 1. The molecule has 1 spiro atoms. The summed E-state index contributed by atoms with van der Waals surface area (Å²) in [5.41, 5.74) is 5.59. The number of benzene rings is 1. The molecule has 38 heavy (non-hydrogen) atoms. The third kappa shape index (κ3) is 5.08. The van der Waals surface area contributed by atoms with E-state index in [2.05, 4.69) is 65.0 Å². The Balaban J connectivity index is 1.10. The van der Waals surface area contributed by atoms with Gasteiger partial charge in [0.25, 0.3) is 0 Å². The predicted octanol–water partition coefficient (Wildman–Crippen LogP) is 9.89. The number of allylic oxidation sites excluding steroid dienone is 2. The van der Waals surface area contributed by atoms with Crippen LogP contribution in [0.2, 0.25) is 0 Å². The second-order valence-corrected chi connectivity index (χ2v) is 15.5. The molecule has 1 nitrogen and oxygen atoms in total. The van der Waals surface area contributed by atoms with Gasteiger partial charge in [-0.2, -0.15) is 0 Å². The van der Waals surface area contributed by atoms with Gasteiger partial charge in [0.05, 0.1) is 12.2 Å². The molecule has 4 unspecified atom stereocenters. The Labute approximate surface area is 234 Å². The maximum atomic E-state index is 6.85. The van der Waals surface area contributed by atoms with E-state index in [1.54, 1.807) is 0 Å². The standard InChI is InChI=1S/C37H56O/c1-25(2)8-6-9-27(4)34-14-15-35-29-12-13-31-23-32(16-19-37(31,24-29)18-7-17-36(34,35)5)38-33-21-28-11-10-26(3)20-30(28)22-33/h10-13,20,25,27,29,31-35H,6-9,14-19,21-24H2,1-5H3/t27?,29?,31?,32-,33?,34+,35-,36+,37+/m1/s1. The summed E-state index contributed by atoms with van der Waals surface area (Å²) in [6.07, 6.45) is 25.7. The number of fused-ring (bicyclic) bond motifs is 4. The summed E-state index contributed by atoms with van der Waals surface area (Å²) in [6.45, 7) is 12.3. The van der Waals surface area contributed by atoms with E-state index < -0.39 is 0 Å². The summed E-state index contributed by atoms with van der Waals surface area (Å²) in [4.78, 5) is 0. The molecule has 0 radical (unpaired) electrons. The van der Waals surface area contributed by atoms with E-state index in [0.717, 1.165) is 48.3 Å². The van der Waals surface area contributed by atoms with Crippen LogP contribution >= 0.6 is 0 Å². The quantitative estimate of drug-likeness (QED) is 0.328. The normalized spacial score (nSPS) is 40.8. The molecule has 3 fully saturated rings. The van der Waals surface area contributed by atoms with Crippen molar-refractivity contribution < 1.29 is 4.74 Å². The van der Waals surface area contributed by atoms with E-state index in [1.807, 2.05) is 0 Å². The van der Waals surface area contributed by atoms with E-state index in [9.17, 15) is 0 Å². The molecule has 6 rings (SSSR count). The molecule has 5 aliphatic rings. The highest BCUT2D eigenvalue weighted by atomic mass is 16.5. The molecule has 1 aromatic rings. The molecule has 210 valence electrons. The highest BCUT2D eigenvalue weighted by molar-refractivity contribution is 5.36. The Bertz CT molecular complexity index is 1010. The second-order valence-electron chi connectivity index (χ2n) is 15.5. The number of rotatable bonds is 7. The lowest BCUT2D eigenvalue weighted by Crippen LogP contribution is -2.47. The third-order valence-corrected chi connectivity index (χ3v) is 12.7. The van der Waals surface area contributed by atoms with Crippen molar-refractivity contribution in [3.63, 3.8) is 0 Å². The van der Waals surface area contributed by atoms with Crippen LogP contribution in [0.3, 0.4) is 0 Å². The van der Waals surface area contributed by atoms with Crippen LogP contribution in [0.4, 0.5) is 0 Å². The van der Waals surface area contributed by atoms with Crippen molar-refractivity contribution in [3.05, 3.63) is 47.0 Å². The van der Waals surface area contributed by atoms with Crippen molar-refractivity contribution in [1.29, 1.82) is 0 Å². The SMILES string of the molecule is Cc1ccc2c(c1)CC(O[C@@H]1CC[C@]34CCC[C@]5(C)[C@H](CC[C@H]5C(C)CCCC(C)C)C(C=CC3C1)C4)C2.